The number of hydrogen-bond donors (Lipinski definition) is 2. The lowest BCUT2D eigenvalue weighted by Crippen LogP contribution is -2.36. The number of halogens is 2. The average molecular weight is 275 g/mol. The molecule has 0 bridgehead atoms. The standard InChI is InChI=1S/C12H15ClN2O.ClH/c1-8-3-2-4-10(11(8)13)12(16)15-9-5-6-14-7-9;/h2-4,9,14H,5-7H2,1H3,(H,15,16);1H. The second-order valence-electron chi connectivity index (χ2n) is 4.10. The van der Waals surface area contributed by atoms with Crippen molar-refractivity contribution in [1.29, 1.82) is 0 Å². The van der Waals surface area contributed by atoms with E-state index in [2.05, 4.69) is 10.6 Å². The van der Waals surface area contributed by atoms with Gasteiger partial charge in [-0.1, -0.05) is 23.7 Å². The van der Waals surface area contributed by atoms with Crippen LogP contribution < -0.4 is 10.6 Å². The summed E-state index contributed by atoms with van der Waals surface area (Å²) in [4.78, 5) is 12.0. The molecule has 3 nitrogen and oxygen atoms in total. The van der Waals surface area contributed by atoms with Gasteiger partial charge in [-0.25, -0.2) is 0 Å². The van der Waals surface area contributed by atoms with E-state index in [0.717, 1.165) is 25.1 Å². The van der Waals surface area contributed by atoms with Crippen LogP contribution in [0.3, 0.4) is 0 Å². The van der Waals surface area contributed by atoms with Gasteiger partial charge in [-0.3, -0.25) is 4.79 Å². The van der Waals surface area contributed by atoms with E-state index in [1.165, 1.54) is 0 Å². The van der Waals surface area contributed by atoms with E-state index >= 15 is 0 Å². The molecule has 94 valence electrons. The topological polar surface area (TPSA) is 41.1 Å². The van der Waals surface area contributed by atoms with Gasteiger partial charge in [0.1, 0.15) is 0 Å². The van der Waals surface area contributed by atoms with E-state index in [0.29, 0.717) is 10.6 Å². The number of benzene rings is 1. The van der Waals surface area contributed by atoms with E-state index < -0.39 is 0 Å². The smallest absolute Gasteiger partial charge is 0.253 e. The minimum atomic E-state index is -0.0811. The van der Waals surface area contributed by atoms with E-state index in [1.807, 2.05) is 19.1 Å². The van der Waals surface area contributed by atoms with Gasteiger partial charge in [0.05, 0.1) is 10.6 Å². The Balaban J connectivity index is 0.00000144. The molecule has 1 aliphatic rings. The number of hydrogen-bond acceptors (Lipinski definition) is 2. The van der Waals surface area contributed by atoms with Gasteiger partial charge in [0.25, 0.3) is 5.91 Å². The summed E-state index contributed by atoms with van der Waals surface area (Å²) < 4.78 is 0. The van der Waals surface area contributed by atoms with Crippen molar-refractivity contribution in [2.24, 2.45) is 0 Å². The fourth-order valence-corrected chi connectivity index (χ4v) is 2.08. The molecule has 1 amide bonds. The quantitative estimate of drug-likeness (QED) is 0.868. The van der Waals surface area contributed by atoms with Crippen LogP contribution in [0.15, 0.2) is 18.2 Å². The molecule has 1 fully saturated rings. The highest BCUT2D eigenvalue weighted by atomic mass is 35.5. The first-order chi connectivity index (χ1) is 7.68. The van der Waals surface area contributed by atoms with Crippen LogP contribution in [-0.4, -0.2) is 25.0 Å². The van der Waals surface area contributed by atoms with Gasteiger partial charge in [0.2, 0.25) is 0 Å². The highest BCUT2D eigenvalue weighted by Gasteiger charge is 2.19. The number of carbonyl (C=O) groups is 1. The van der Waals surface area contributed by atoms with Crippen molar-refractivity contribution in [1.82, 2.24) is 10.6 Å². The largest absolute Gasteiger partial charge is 0.348 e. The molecule has 1 aromatic rings. The van der Waals surface area contributed by atoms with E-state index in [-0.39, 0.29) is 24.4 Å². The van der Waals surface area contributed by atoms with Gasteiger partial charge >= 0.3 is 0 Å². The van der Waals surface area contributed by atoms with Gasteiger partial charge in [0.15, 0.2) is 0 Å². The van der Waals surface area contributed by atoms with Crippen molar-refractivity contribution in [3.8, 4) is 0 Å². The van der Waals surface area contributed by atoms with Crippen molar-refractivity contribution in [3.63, 3.8) is 0 Å². The first-order valence-corrected chi connectivity index (χ1v) is 5.83. The maximum Gasteiger partial charge on any atom is 0.253 e. The molecule has 1 aromatic carbocycles. The van der Waals surface area contributed by atoms with Crippen LogP contribution in [0.5, 0.6) is 0 Å². The number of amides is 1. The number of rotatable bonds is 2. The van der Waals surface area contributed by atoms with Crippen LogP contribution in [0.1, 0.15) is 22.3 Å². The molecule has 2 N–H and O–H groups in total. The third-order valence-corrected chi connectivity index (χ3v) is 3.33. The molecule has 2 rings (SSSR count). The molecule has 1 unspecified atom stereocenters. The molecule has 0 aliphatic carbocycles. The number of aryl methyl sites for hydroxylation is 1. The summed E-state index contributed by atoms with van der Waals surface area (Å²) in [7, 11) is 0. The summed E-state index contributed by atoms with van der Waals surface area (Å²) in [5.74, 6) is -0.0811. The van der Waals surface area contributed by atoms with Crippen LogP contribution in [0, 0.1) is 6.92 Å². The highest BCUT2D eigenvalue weighted by molar-refractivity contribution is 6.34. The lowest BCUT2D eigenvalue weighted by molar-refractivity contribution is 0.0940. The van der Waals surface area contributed by atoms with E-state index in [9.17, 15) is 4.79 Å². The van der Waals surface area contributed by atoms with Gasteiger partial charge in [-0.2, -0.15) is 0 Å². The minimum absolute atomic E-state index is 0. The van der Waals surface area contributed by atoms with Crippen LogP contribution in [0.4, 0.5) is 0 Å². The second-order valence-corrected chi connectivity index (χ2v) is 4.48. The Bertz CT molecular complexity index is 403. The second kappa shape index (κ2) is 6.24. The zero-order chi connectivity index (χ0) is 11.5. The van der Waals surface area contributed by atoms with Gasteiger partial charge in [-0.05, 0) is 31.5 Å². The van der Waals surface area contributed by atoms with Crippen molar-refractivity contribution >= 4 is 29.9 Å². The summed E-state index contributed by atoms with van der Waals surface area (Å²) in [5, 5.41) is 6.73. The fourth-order valence-electron chi connectivity index (χ4n) is 1.86. The lowest BCUT2D eigenvalue weighted by Gasteiger charge is -2.12. The van der Waals surface area contributed by atoms with Crippen LogP contribution >= 0.6 is 24.0 Å². The molecule has 0 spiro atoms. The molecule has 1 saturated heterocycles. The molecular weight excluding hydrogens is 259 g/mol. The van der Waals surface area contributed by atoms with Crippen LogP contribution in [0.2, 0.25) is 5.02 Å². The van der Waals surface area contributed by atoms with Gasteiger partial charge in [0, 0.05) is 12.6 Å². The summed E-state index contributed by atoms with van der Waals surface area (Å²) in [6.45, 7) is 3.71. The first-order valence-electron chi connectivity index (χ1n) is 5.45. The highest BCUT2D eigenvalue weighted by Crippen LogP contribution is 2.20. The Hall–Kier alpha value is -0.770. The SMILES string of the molecule is Cc1cccc(C(=O)NC2CCNC2)c1Cl.Cl. The summed E-state index contributed by atoms with van der Waals surface area (Å²) in [6, 6.07) is 5.73. The molecule has 1 atom stereocenters. The number of nitrogens with one attached hydrogen (secondary N) is 2. The van der Waals surface area contributed by atoms with E-state index in [1.54, 1.807) is 6.07 Å². The van der Waals surface area contributed by atoms with Crippen molar-refractivity contribution in [2.45, 2.75) is 19.4 Å². The zero-order valence-electron chi connectivity index (χ0n) is 9.63. The number of carbonyl (C=O) groups excluding carboxylic acids is 1. The Kier molecular flexibility index (Phi) is 5.25. The summed E-state index contributed by atoms with van der Waals surface area (Å²) >= 11 is 6.10. The molecule has 1 heterocycles. The Morgan fingerprint density at radius 2 is 2.29 bits per heavy atom. The maximum atomic E-state index is 12.0. The third kappa shape index (κ3) is 3.35. The molecular formula is C12H16Cl2N2O. The predicted molar refractivity (Wildman–Crippen MR) is 72.2 cm³/mol. The first kappa shape index (κ1) is 14.3. The van der Waals surface area contributed by atoms with Crippen molar-refractivity contribution < 1.29 is 4.79 Å². The molecule has 5 heteroatoms. The van der Waals surface area contributed by atoms with Gasteiger partial charge in [-0.15, -0.1) is 12.4 Å². The fraction of sp³-hybridized carbons (Fsp3) is 0.417. The van der Waals surface area contributed by atoms with Crippen molar-refractivity contribution in [2.75, 3.05) is 13.1 Å². The monoisotopic (exact) mass is 274 g/mol. The normalized spacial score (nSPS) is 18.6. The average Bonchev–Trinajstić information content (AvgIpc) is 2.74. The minimum Gasteiger partial charge on any atom is -0.348 e. The summed E-state index contributed by atoms with van der Waals surface area (Å²) in [5.41, 5.74) is 1.49. The molecule has 17 heavy (non-hydrogen) atoms. The van der Waals surface area contributed by atoms with Crippen LogP contribution in [-0.2, 0) is 0 Å². The molecule has 0 radical (unpaired) electrons. The predicted octanol–water partition coefficient (Wildman–Crippen LogP) is 2.16. The Morgan fingerprint density at radius 1 is 1.53 bits per heavy atom. The van der Waals surface area contributed by atoms with Crippen LogP contribution in [0.25, 0.3) is 0 Å². The van der Waals surface area contributed by atoms with Crippen molar-refractivity contribution in [3.05, 3.63) is 34.3 Å². The summed E-state index contributed by atoms with van der Waals surface area (Å²) in [6.07, 6.45) is 0.981. The Morgan fingerprint density at radius 3 is 2.94 bits per heavy atom. The maximum absolute atomic E-state index is 12.0. The molecule has 1 aliphatic heterocycles. The van der Waals surface area contributed by atoms with E-state index in [4.69, 9.17) is 11.6 Å². The van der Waals surface area contributed by atoms with Gasteiger partial charge < -0.3 is 10.6 Å². The Labute approximate surface area is 112 Å². The third-order valence-electron chi connectivity index (χ3n) is 2.83. The molecule has 0 aromatic heterocycles. The zero-order valence-corrected chi connectivity index (χ0v) is 11.2. The molecule has 0 saturated carbocycles. The lowest BCUT2D eigenvalue weighted by atomic mass is 10.1.